The second-order valence-electron chi connectivity index (χ2n) is 4.50. The van der Waals surface area contributed by atoms with E-state index in [9.17, 15) is 4.79 Å². The third-order valence-corrected chi connectivity index (χ3v) is 3.06. The van der Waals surface area contributed by atoms with Gasteiger partial charge in [-0.3, -0.25) is 4.79 Å². The third-order valence-electron chi connectivity index (χ3n) is 3.06. The Labute approximate surface area is 110 Å². The maximum Gasteiger partial charge on any atom is 0.355 e. The summed E-state index contributed by atoms with van der Waals surface area (Å²) in [4.78, 5) is 18.7. The number of benzene rings is 1. The van der Waals surface area contributed by atoms with Crippen LogP contribution >= 0.6 is 0 Å². The van der Waals surface area contributed by atoms with Crippen molar-refractivity contribution in [1.29, 1.82) is 0 Å². The van der Waals surface area contributed by atoms with Gasteiger partial charge in [0.25, 0.3) is 5.56 Å². The first-order valence-electron chi connectivity index (χ1n) is 6.26. The van der Waals surface area contributed by atoms with E-state index in [2.05, 4.69) is 15.3 Å². The summed E-state index contributed by atoms with van der Waals surface area (Å²) in [7, 11) is 0. The molecule has 2 heterocycles. The molecule has 0 atom stereocenters. The van der Waals surface area contributed by atoms with E-state index < -0.39 is 0 Å². The van der Waals surface area contributed by atoms with Gasteiger partial charge in [-0.05, 0) is 19.1 Å². The van der Waals surface area contributed by atoms with Crippen molar-refractivity contribution in [2.75, 3.05) is 13.1 Å². The Hall–Kier alpha value is -2.43. The zero-order valence-electron chi connectivity index (χ0n) is 10.7. The van der Waals surface area contributed by atoms with Gasteiger partial charge in [0.05, 0.1) is 13.1 Å². The van der Waals surface area contributed by atoms with Crippen molar-refractivity contribution >= 4 is 11.8 Å². The van der Waals surface area contributed by atoms with Gasteiger partial charge in [-0.1, -0.05) is 18.2 Å². The fourth-order valence-electron chi connectivity index (χ4n) is 2.25. The number of aromatic amines is 1. The lowest BCUT2D eigenvalue weighted by Gasteiger charge is -2.04. The predicted octanol–water partition coefficient (Wildman–Crippen LogP) is 0.772. The lowest BCUT2D eigenvalue weighted by atomic mass is 10.2. The van der Waals surface area contributed by atoms with E-state index in [4.69, 9.17) is 0 Å². The second-order valence-corrected chi connectivity index (χ2v) is 4.50. The highest BCUT2D eigenvalue weighted by Crippen LogP contribution is 2.09. The molecule has 0 amide bonds. The van der Waals surface area contributed by atoms with Crippen LogP contribution in [0.4, 0.5) is 5.95 Å². The van der Waals surface area contributed by atoms with E-state index in [0.29, 0.717) is 5.95 Å². The number of aryl methyl sites for hydroxylation is 1. The number of hydrogen-bond acceptors (Lipinski definition) is 3. The van der Waals surface area contributed by atoms with Crippen molar-refractivity contribution in [3.63, 3.8) is 0 Å². The molecule has 0 spiro atoms. The lowest BCUT2D eigenvalue weighted by Crippen LogP contribution is -2.24. The van der Waals surface area contributed by atoms with Crippen molar-refractivity contribution < 1.29 is 4.58 Å². The zero-order valence-corrected chi connectivity index (χ0v) is 10.7. The van der Waals surface area contributed by atoms with E-state index in [-0.39, 0.29) is 5.56 Å². The molecule has 3 rings (SSSR count). The number of nitrogens with zero attached hydrogens (tertiary/aromatic N) is 2. The van der Waals surface area contributed by atoms with Crippen molar-refractivity contribution in [1.82, 2.24) is 15.3 Å². The minimum atomic E-state index is -0.123. The molecule has 1 aromatic heterocycles. The summed E-state index contributed by atoms with van der Waals surface area (Å²) in [6, 6.07) is 11.5. The van der Waals surface area contributed by atoms with Gasteiger partial charge in [0, 0.05) is 11.6 Å². The first-order chi connectivity index (χ1) is 9.24. The smallest absolute Gasteiger partial charge is 0.318 e. The molecule has 0 fully saturated rings. The van der Waals surface area contributed by atoms with Gasteiger partial charge in [-0.15, -0.1) is 4.98 Å². The van der Waals surface area contributed by atoms with E-state index in [1.165, 1.54) is 6.07 Å². The number of nitrogens with one attached hydrogen (secondary N) is 2. The molecule has 0 saturated carbocycles. The van der Waals surface area contributed by atoms with Crippen molar-refractivity contribution in [3.05, 3.63) is 58.0 Å². The van der Waals surface area contributed by atoms with Crippen LogP contribution in [-0.2, 0) is 0 Å². The van der Waals surface area contributed by atoms with Crippen LogP contribution in [0.2, 0.25) is 0 Å². The van der Waals surface area contributed by atoms with E-state index >= 15 is 0 Å². The molecule has 0 bridgehead atoms. The number of amidine groups is 1. The monoisotopic (exact) mass is 255 g/mol. The van der Waals surface area contributed by atoms with Crippen LogP contribution in [0.15, 0.2) is 41.2 Å². The third kappa shape index (κ3) is 2.27. The molecular weight excluding hydrogens is 240 g/mol. The summed E-state index contributed by atoms with van der Waals surface area (Å²) in [5.41, 5.74) is 1.68. The summed E-state index contributed by atoms with van der Waals surface area (Å²) in [5.74, 6) is 1.57. The topological polar surface area (TPSA) is 60.8 Å². The Morgan fingerprint density at radius 1 is 1.26 bits per heavy atom. The van der Waals surface area contributed by atoms with Crippen LogP contribution in [-0.4, -0.2) is 33.5 Å². The molecule has 0 saturated heterocycles. The first-order valence-corrected chi connectivity index (χ1v) is 6.26. The number of hydrogen-bond donors (Lipinski definition) is 2. The SMILES string of the molecule is Cc1cc(=O)[nH]c([N+]2=C(c3ccccc3)NCC2)n1. The fraction of sp³-hybridized carbons (Fsp3) is 0.214. The van der Waals surface area contributed by atoms with Crippen LogP contribution in [0.5, 0.6) is 0 Å². The largest absolute Gasteiger partial charge is 0.355 e. The standard InChI is InChI=1S/C14H14N4O/c1-10-9-12(19)17-14(16-10)18-8-7-15-13(18)11-5-3-2-4-6-11/h2-6,9H,7-8H2,1H3,(H,16,17,19)/p+1. The van der Waals surface area contributed by atoms with Gasteiger partial charge >= 0.3 is 5.95 Å². The Morgan fingerprint density at radius 3 is 2.79 bits per heavy atom. The fourth-order valence-corrected chi connectivity index (χ4v) is 2.25. The summed E-state index contributed by atoms with van der Waals surface area (Å²) < 4.78 is 2.00. The summed E-state index contributed by atoms with van der Waals surface area (Å²) in [5, 5.41) is 3.34. The molecular formula is C14H15N4O+. The Balaban J connectivity index is 2.14. The van der Waals surface area contributed by atoms with Crippen LogP contribution in [0.1, 0.15) is 11.3 Å². The van der Waals surface area contributed by atoms with Crippen molar-refractivity contribution in [3.8, 4) is 0 Å². The first kappa shape index (κ1) is 11.6. The van der Waals surface area contributed by atoms with E-state index in [0.717, 1.165) is 30.2 Å². The minimum Gasteiger partial charge on any atom is -0.318 e. The lowest BCUT2D eigenvalue weighted by molar-refractivity contribution is -0.437. The maximum absolute atomic E-state index is 11.6. The summed E-state index contributed by atoms with van der Waals surface area (Å²) in [6.07, 6.45) is 0. The molecule has 1 aliphatic rings. The number of rotatable bonds is 2. The number of H-pyrrole nitrogens is 1. The average Bonchev–Trinajstić information content (AvgIpc) is 2.88. The Bertz CT molecular complexity index is 688. The molecule has 19 heavy (non-hydrogen) atoms. The maximum atomic E-state index is 11.6. The molecule has 0 unspecified atom stereocenters. The highest BCUT2D eigenvalue weighted by atomic mass is 16.1. The molecule has 96 valence electrons. The molecule has 5 nitrogen and oxygen atoms in total. The van der Waals surface area contributed by atoms with Crippen LogP contribution in [0.3, 0.4) is 0 Å². The van der Waals surface area contributed by atoms with Crippen molar-refractivity contribution in [2.24, 2.45) is 0 Å². The average molecular weight is 255 g/mol. The van der Waals surface area contributed by atoms with E-state index in [1.807, 2.05) is 41.8 Å². The van der Waals surface area contributed by atoms with Gasteiger partial charge in [0.1, 0.15) is 5.69 Å². The molecule has 0 aliphatic carbocycles. The van der Waals surface area contributed by atoms with Crippen LogP contribution in [0.25, 0.3) is 0 Å². The predicted molar refractivity (Wildman–Crippen MR) is 72.9 cm³/mol. The van der Waals surface area contributed by atoms with Crippen molar-refractivity contribution in [2.45, 2.75) is 6.92 Å². The van der Waals surface area contributed by atoms with Crippen LogP contribution < -0.4 is 10.9 Å². The molecule has 1 aromatic carbocycles. The van der Waals surface area contributed by atoms with Crippen LogP contribution in [0, 0.1) is 6.92 Å². The van der Waals surface area contributed by atoms with E-state index in [1.54, 1.807) is 0 Å². The highest BCUT2D eigenvalue weighted by molar-refractivity contribution is 5.96. The van der Waals surface area contributed by atoms with Gasteiger partial charge in [0.15, 0.2) is 0 Å². The van der Waals surface area contributed by atoms with Gasteiger partial charge < -0.3 is 5.32 Å². The van der Waals surface area contributed by atoms with Gasteiger partial charge in [0.2, 0.25) is 5.84 Å². The highest BCUT2D eigenvalue weighted by Gasteiger charge is 2.23. The molecule has 1 aliphatic heterocycles. The Morgan fingerprint density at radius 2 is 2.05 bits per heavy atom. The minimum absolute atomic E-state index is 0.123. The Kier molecular flexibility index (Phi) is 2.87. The zero-order chi connectivity index (χ0) is 13.2. The number of aromatic nitrogens is 2. The molecule has 5 heteroatoms. The quantitative estimate of drug-likeness (QED) is 0.779. The molecule has 2 N–H and O–H groups in total. The summed E-state index contributed by atoms with van der Waals surface area (Å²) >= 11 is 0. The normalized spacial score (nSPS) is 14.6. The second kappa shape index (κ2) is 4.68. The van der Waals surface area contributed by atoms with Gasteiger partial charge in [-0.25, -0.2) is 9.56 Å². The molecule has 0 radical (unpaired) electrons. The molecule has 2 aromatic rings. The summed E-state index contributed by atoms with van der Waals surface area (Å²) in [6.45, 7) is 3.45. The van der Waals surface area contributed by atoms with Gasteiger partial charge in [-0.2, -0.15) is 0 Å².